The molecule has 1 saturated heterocycles. The lowest BCUT2D eigenvalue weighted by Crippen LogP contribution is -2.42. The molecular formula is C16H21NO3S. The van der Waals surface area contributed by atoms with Gasteiger partial charge in [-0.15, -0.1) is 11.8 Å². The lowest BCUT2D eigenvalue weighted by molar-refractivity contribution is -0.145. The Bertz CT molecular complexity index is 501. The Labute approximate surface area is 129 Å². The first-order valence-electron chi connectivity index (χ1n) is 7.26. The molecule has 21 heavy (non-hydrogen) atoms. The number of nitrogens with zero attached hydrogens (tertiary/aromatic N) is 1. The molecule has 1 unspecified atom stereocenters. The Hall–Kier alpha value is -1.49. The van der Waals surface area contributed by atoms with E-state index in [-0.39, 0.29) is 5.91 Å². The summed E-state index contributed by atoms with van der Waals surface area (Å²) in [6.45, 7) is 3.11. The standard InChI is InChI=1S/C16H21NO3S/c1-12-4-6-14(7-5-12)21-10-8-15(18)17-9-2-3-13(11-17)16(19)20/h4-7,13H,2-3,8-11H2,1H3,(H,19,20). The van der Waals surface area contributed by atoms with Gasteiger partial charge in [-0.25, -0.2) is 0 Å². The number of thioether (sulfide) groups is 1. The third kappa shape index (κ3) is 4.77. The predicted molar refractivity (Wildman–Crippen MR) is 83.5 cm³/mol. The van der Waals surface area contributed by atoms with E-state index >= 15 is 0 Å². The molecule has 1 heterocycles. The number of carboxylic acids is 1. The maximum Gasteiger partial charge on any atom is 0.308 e. The zero-order valence-electron chi connectivity index (χ0n) is 12.2. The predicted octanol–water partition coefficient (Wildman–Crippen LogP) is 2.80. The van der Waals surface area contributed by atoms with Gasteiger partial charge in [-0.2, -0.15) is 0 Å². The van der Waals surface area contributed by atoms with E-state index in [0.29, 0.717) is 25.9 Å². The molecule has 1 N–H and O–H groups in total. The summed E-state index contributed by atoms with van der Waals surface area (Å²) in [5.74, 6) is -0.384. The van der Waals surface area contributed by atoms with Crippen LogP contribution in [-0.4, -0.2) is 40.7 Å². The van der Waals surface area contributed by atoms with Crippen LogP contribution in [0.2, 0.25) is 0 Å². The van der Waals surface area contributed by atoms with Crippen molar-refractivity contribution in [1.29, 1.82) is 0 Å². The van der Waals surface area contributed by atoms with E-state index < -0.39 is 11.9 Å². The molecule has 0 aliphatic carbocycles. The van der Waals surface area contributed by atoms with Gasteiger partial charge >= 0.3 is 5.97 Å². The fourth-order valence-electron chi connectivity index (χ4n) is 2.45. The molecule has 1 aliphatic heterocycles. The molecule has 1 aliphatic rings. The number of carbonyl (C=O) groups is 2. The zero-order chi connectivity index (χ0) is 15.2. The lowest BCUT2D eigenvalue weighted by atomic mass is 9.98. The van der Waals surface area contributed by atoms with Gasteiger partial charge in [0.05, 0.1) is 5.92 Å². The van der Waals surface area contributed by atoms with E-state index in [0.717, 1.165) is 17.1 Å². The fraction of sp³-hybridized carbons (Fsp3) is 0.500. The van der Waals surface area contributed by atoms with Gasteiger partial charge in [0, 0.05) is 30.2 Å². The average Bonchev–Trinajstić information content (AvgIpc) is 2.49. The summed E-state index contributed by atoms with van der Waals surface area (Å²) >= 11 is 1.66. The molecule has 1 aromatic carbocycles. The maximum atomic E-state index is 12.1. The second-order valence-corrected chi connectivity index (χ2v) is 6.60. The minimum absolute atomic E-state index is 0.0700. The number of hydrogen-bond acceptors (Lipinski definition) is 3. The topological polar surface area (TPSA) is 57.6 Å². The fourth-order valence-corrected chi connectivity index (χ4v) is 3.29. The van der Waals surface area contributed by atoms with E-state index in [2.05, 4.69) is 24.3 Å². The number of benzene rings is 1. The SMILES string of the molecule is Cc1ccc(SCCC(=O)N2CCCC(C(=O)O)C2)cc1. The van der Waals surface area contributed by atoms with Crippen LogP contribution in [0.4, 0.5) is 0 Å². The molecule has 1 atom stereocenters. The quantitative estimate of drug-likeness (QED) is 0.850. The normalized spacial score (nSPS) is 18.5. The van der Waals surface area contributed by atoms with Crippen molar-refractivity contribution in [3.05, 3.63) is 29.8 Å². The minimum atomic E-state index is -0.790. The van der Waals surface area contributed by atoms with Gasteiger partial charge in [0.15, 0.2) is 0 Å². The number of likely N-dealkylation sites (tertiary alicyclic amines) is 1. The van der Waals surface area contributed by atoms with E-state index in [1.165, 1.54) is 5.56 Å². The van der Waals surface area contributed by atoms with Gasteiger partial charge in [0.25, 0.3) is 0 Å². The highest BCUT2D eigenvalue weighted by Crippen LogP contribution is 2.21. The number of aliphatic carboxylic acids is 1. The van der Waals surface area contributed by atoms with Crippen LogP contribution in [0.1, 0.15) is 24.8 Å². The van der Waals surface area contributed by atoms with Crippen LogP contribution in [0.15, 0.2) is 29.2 Å². The van der Waals surface area contributed by atoms with E-state index in [1.807, 2.05) is 6.92 Å². The highest BCUT2D eigenvalue weighted by molar-refractivity contribution is 7.99. The van der Waals surface area contributed by atoms with Crippen molar-refractivity contribution < 1.29 is 14.7 Å². The van der Waals surface area contributed by atoms with Crippen LogP contribution >= 0.6 is 11.8 Å². The molecule has 0 aromatic heterocycles. The van der Waals surface area contributed by atoms with E-state index in [1.54, 1.807) is 16.7 Å². The number of carboxylic acid groups (broad SMARTS) is 1. The monoisotopic (exact) mass is 307 g/mol. The van der Waals surface area contributed by atoms with Crippen molar-refractivity contribution in [1.82, 2.24) is 4.90 Å². The van der Waals surface area contributed by atoms with Gasteiger partial charge in [-0.1, -0.05) is 17.7 Å². The first kappa shape index (κ1) is 15.9. The smallest absolute Gasteiger partial charge is 0.308 e. The summed E-state index contributed by atoms with van der Waals surface area (Å²) in [5.41, 5.74) is 1.23. The van der Waals surface area contributed by atoms with Gasteiger partial charge in [-0.3, -0.25) is 9.59 Å². The lowest BCUT2D eigenvalue weighted by Gasteiger charge is -2.30. The van der Waals surface area contributed by atoms with Crippen LogP contribution in [0.25, 0.3) is 0 Å². The van der Waals surface area contributed by atoms with Crippen molar-refractivity contribution in [2.45, 2.75) is 31.1 Å². The van der Waals surface area contributed by atoms with Gasteiger partial charge in [0.1, 0.15) is 0 Å². The second kappa shape index (κ2) is 7.50. The molecule has 0 spiro atoms. The summed E-state index contributed by atoms with van der Waals surface area (Å²) in [7, 11) is 0. The largest absolute Gasteiger partial charge is 0.481 e. The number of piperidine rings is 1. The Morgan fingerprint density at radius 2 is 2.05 bits per heavy atom. The first-order chi connectivity index (χ1) is 10.1. The third-order valence-electron chi connectivity index (χ3n) is 3.73. The minimum Gasteiger partial charge on any atom is -0.481 e. The molecule has 5 heteroatoms. The molecule has 0 bridgehead atoms. The number of aryl methyl sites for hydroxylation is 1. The summed E-state index contributed by atoms with van der Waals surface area (Å²) < 4.78 is 0. The second-order valence-electron chi connectivity index (χ2n) is 5.43. The molecule has 2 rings (SSSR count). The van der Waals surface area contributed by atoms with Crippen LogP contribution in [0.3, 0.4) is 0 Å². The molecule has 114 valence electrons. The van der Waals surface area contributed by atoms with Crippen LogP contribution in [0, 0.1) is 12.8 Å². The Morgan fingerprint density at radius 3 is 2.71 bits per heavy atom. The molecule has 0 saturated carbocycles. The van der Waals surface area contributed by atoms with Gasteiger partial charge < -0.3 is 10.0 Å². The van der Waals surface area contributed by atoms with Gasteiger partial charge in [0.2, 0.25) is 5.91 Å². The summed E-state index contributed by atoms with van der Waals surface area (Å²) in [6, 6.07) is 8.25. The highest BCUT2D eigenvalue weighted by atomic mass is 32.2. The number of rotatable bonds is 5. The molecular weight excluding hydrogens is 286 g/mol. The van der Waals surface area contributed by atoms with Crippen LogP contribution in [-0.2, 0) is 9.59 Å². The zero-order valence-corrected chi connectivity index (χ0v) is 13.1. The number of hydrogen-bond donors (Lipinski definition) is 1. The Balaban J connectivity index is 1.76. The van der Waals surface area contributed by atoms with E-state index in [4.69, 9.17) is 5.11 Å². The van der Waals surface area contributed by atoms with Crippen molar-refractivity contribution in [3.63, 3.8) is 0 Å². The average molecular weight is 307 g/mol. The summed E-state index contributed by atoms with van der Waals surface area (Å²) in [6.07, 6.45) is 1.93. The molecule has 0 radical (unpaired) electrons. The molecule has 1 aromatic rings. The summed E-state index contributed by atoms with van der Waals surface area (Å²) in [5, 5.41) is 9.04. The molecule has 4 nitrogen and oxygen atoms in total. The van der Waals surface area contributed by atoms with Gasteiger partial charge in [-0.05, 0) is 31.9 Å². The highest BCUT2D eigenvalue weighted by Gasteiger charge is 2.27. The van der Waals surface area contributed by atoms with Crippen LogP contribution in [0.5, 0.6) is 0 Å². The first-order valence-corrected chi connectivity index (χ1v) is 8.25. The van der Waals surface area contributed by atoms with E-state index in [9.17, 15) is 9.59 Å². The Kier molecular flexibility index (Phi) is 5.67. The maximum absolute atomic E-state index is 12.1. The molecule has 1 amide bonds. The third-order valence-corrected chi connectivity index (χ3v) is 4.74. The Morgan fingerprint density at radius 1 is 1.33 bits per heavy atom. The van der Waals surface area contributed by atoms with Crippen molar-refractivity contribution in [2.24, 2.45) is 5.92 Å². The van der Waals surface area contributed by atoms with Crippen molar-refractivity contribution >= 4 is 23.6 Å². The molecule has 1 fully saturated rings. The van der Waals surface area contributed by atoms with Crippen molar-refractivity contribution in [3.8, 4) is 0 Å². The number of amides is 1. The van der Waals surface area contributed by atoms with Crippen LogP contribution < -0.4 is 0 Å². The van der Waals surface area contributed by atoms with Crippen molar-refractivity contribution in [2.75, 3.05) is 18.8 Å². The number of carbonyl (C=O) groups excluding carboxylic acids is 1. The summed E-state index contributed by atoms with van der Waals surface area (Å²) in [4.78, 5) is 26.0.